The maximum Gasteiger partial charge on any atom is 0.434 e. The second-order valence-electron chi connectivity index (χ2n) is 5.60. The molecule has 0 spiro atoms. The lowest BCUT2D eigenvalue weighted by atomic mass is 10.1. The number of Topliss-reactive ketones (excluding diaryl/α,β-unsaturated/α-hetero) is 1. The minimum Gasteiger partial charge on any atom is -0.322 e. The largest absolute Gasteiger partial charge is 0.434 e. The van der Waals surface area contributed by atoms with Crippen LogP contribution in [0.1, 0.15) is 33.3 Å². The summed E-state index contributed by atoms with van der Waals surface area (Å²) in [5, 5.41) is 6.05. The highest BCUT2D eigenvalue weighted by molar-refractivity contribution is 6.06. The number of rotatable bonds is 4. The van der Waals surface area contributed by atoms with E-state index in [1.807, 2.05) is 0 Å². The molecule has 1 N–H and O–H groups in total. The van der Waals surface area contributed by atoms with Gasteiger partial charge in [-0.05, 0) is 31.2 Å². The number of hydrogen-bond acceptors (Lipinski definition) is 4. The van der Waals surface area contributed by atoms with Gasteiger partial charge in [0.25, 0.3) is 5.91 Å². The lowest BCUT2D eigenvalue weighted by molar-refractivity contribution is -0.143. The van der Waals surface area contributed by atoms with Crippen LogP contribution in [-0.2, 0) is 6.18 Å². The number of carbonyl (C=O) groups is 2. The molecule has 0 bridgehead atoms. The molecule has 2 heterocycles. The number of halogens is 3. The molecule has 2 aromatic heterocycles. The van der Waals surface area contributed by atoms with Crippen molar-refractivity contribution in [1.82, 2.24) is 14.8 Å². The molecular formula is C18H13F3N4O2. The Hall–Kier alpha value is -3.49. The van der Waals surface area contributed by atoms with Crippen LogP contribution in [0.4, 0.5) is 18.9 Å². The second-order valence-corrected chi connectivity index (χ2v) is 5.60. The van der Waals surface area contributed by atoms with E-state index in [9.17, 15) is 22.8 Å². The predicted molar refractivity (Wildman–Crippen MR) is 90.8 cm³/mol. The maximum atomic E-state index is 13.6. The number of nitrogens with zero attached hydrogens (tertiary/aromatic N) is 3. The van der Waals surface area contributed by atoms with E-state index in [2.05, 4.69) is 15.4 Å². The summed E-state index contributed by atoms with van der Waals surface area (Å²) in [4.78, 5) is 27.7. The third kappa shape index (κ3) is 3.86. The number of nitrogens with one attached hydrogen (secondary N) is 1. The summed E-state index contributed by atoms with van der Waals surface area (Å²) in [7, 11) is 0. The Balaban J connectivity index is 1.99. The first-order valence-electron chi connectivity index (χ1n) is 7.76. The van der Waals surface area contributed by atoms with Crippen molar-refractivity contribution < 1.29 is 22.8 Å². The monoisotopic (exact) mass is 374 g/mol. The van der Waals surface area contributed by atoms with Gasteiger partial charge in [-0.15, -0.1) is 0 Å². The molecule has 0 radical (unpaired) electrons. The van der Waals surface area contributed by atoms with Crippen LogP contribution in [0, 0.1) is 0 Å². The third-order valence-electron chi connectivity index (χ3n) is 3.68. The normalized spacial score (nSPS) is 11.3. The van der Waals surface area contributed by atoms with Crippen molar-refractivity contribution in [3.8, 4) is 5.82 Å². The van der Waals surface area contributed by atoms with Gasteiger partial charge in [-0.1, -0.05) is 18.2 Å². The predicted octanol–water partition coefficient (Wildman–Crippen LogP) is 3.74. The fourth-order valence-electron chi connectivity index (χ4n) is 2.45. The Morgan fingerprint density at radius 1 is 1.11 bits per heavy atom. The summed E-state index contributed by atoms with van der Waals surface area (Å²) in [6, 6.07) is 10.3. The molecule has 27 heavy (non-hydrogen) atoms. The molecule has 3 rings (SSSR count). The fourth-order valence-corrected chi connectivity index (χ4v) is 2.45. The molecule has 0 fully saturated rings. The summed E-state index contributed by atoms with van der Waals surface area (Å²) >= 11 is 0. The van der Waals surface area contributed by atoms with Gasteiger partial charge in [0.05, 0.1) is 11.8 Å². The van der Waals surface area contributed by atoms with Crippen molar-refractivity contribution in [2.24, 2.45) is 0 Å². The molecule has 0 atom stereocenters. The summed E-state index contributed by atoms with van der Waals surface area (Å²) in [5.41, 5.74) is -1.36. The average Bonchev–Trinajstić information content (AvgIpc) is 3.08. The third-order valence-corrected chi connectivity index (χ3v) is 3.68. The van der Waals surface area contributed by atoms with E-state index in [0.29, 0.717) is 10.2 Å². The Labute approximate surface area is 151 Å². The average molecular weight is 374 g/mol. The highest BCUT2D eigenvalue weighted by Gasteiger charge is 2.40. The molecule has 0 aliphatic heterocycles. The number of amides is 1. The van der Waals surface area contributed by atoms with Crippen LogP contribution in [-0.4, -0.2) is 26.5 Å². The van der Waals surface area contributed by atoms with E-state index in [0.717, 1.165) is 6.20 Å². The van der Waals surface area contributed by atoms with Crippen LogP contribution in [0.15, 0.2) is 54.9 Å². The minimum atomic E-state index is -4.83. The quantitative estimate of drug-likeness (QED) is 0.706. The van der Waals surface area contributed by atoms with Gasteiger partial charge in [0.2, 0.25) is 0 Å². The zero-order chi connectivity index (χ0) is 19.6. The zero-order valence-corrected chi connectivity index (χ0v) is 14.0. The molecule has 138 valence electrons. The van der Waals surface area contributed by atoms with Gasteiger partial charge in [-0.3, -0.25) is 9.59 Å². The number of alkyl halides is 3. The number of carbonyl (C=O) groups excluding carboxylic acids is 2. The molecule has 1 aromatic carbocycles. The van der Waals surface area contributed by atoms with Gasteiger partial charge in [0.1, 0.15) is 0 Å². The molecule has 9 heteroatoms. The second kappa shape index (κ2) is 7.02. The smallest absolute Gasteiger partial charge is 0.322 e. The van der Waals surface area contributed by atoms with Gasteiger partial charge in [0, 0.05) is 17.4 Å². The standard InChI is InChI=1S/C18H13F3N4O2/c1-11(26)12-5-4-6-13(9-12)24-17(27)14-10-23-25(16(14)18(19,20)21)15-7-2-3-8-22-15/h2-10H,1H3,(H,24,27). The van der Waals surface area contributed by atoms with E-state index < -0.39 is 23.3 Å². The van der Waals surface area contributed by atoms with Crippen LogP contribution < -0.4 is 5.32 Å². The topological polar surface area (TPSA) is 76.9 Å². The van der Waals surface area contributed by atoms with Crippen molar-refractivity contribution in [2.45, 2.75) is 13.1 Å². The highest BCUT2D eigenvalue weighted by Crippen LogP contribution is 2.33. The molecule has 0 saturated heterocycles. The highest BCUT2D eigenvalue weighted by atomic mass is 19.4. The van der Waals surface area contributed by atoms with E-state index >= 15 is 0 Å². The first kappa shape index (κ1) is 18.3. The summed E-state index contributed by atoms with van der Waals surface area (Å²) in [6.45, 7) is 1.35. The molecular weight excluding hydrogens is 361 g/mol. The van der Waals surface area contributed by atoms with E-state index in [1.54, 1.807) is 6.07 Å². The minimum absolute atomic E-state index is 0.0672. The van der Waals surface area contributed by atoms with Gasteiger partial charge < -0.3 is 5.32 Å². The molecule has 0 aliphatic rings. The van der Waals surface area contributed by atoms with E-state index in [1.165, 1.54) is 49.5 Å². The fraction of sp³-hybridized carbons (Fsp3) is 0.111. The van der Waals surface area contributed by atoms with Crippen LogP contribution in [0.25, 0.3) is 5.82 Å². The Morgan fingerprint density at radius 2 is 1.89 bits per heavy atom. The van der Waals surface area contributed by atoms with E-state index in [-0.39, 0.29) is 17.3 Å². The van der Waals surface area contributed by atoms with Crippen LogP contribution in [0.3, 0.4) is 0 Å². The van der Waals surface area contributed by atoms with Crippen molar-refractivity contribution in [1.29, 1.82) is 0 Å². The molecule has 0 aliphatic carbocycles. The van der Waals surface area contributed by atoms with Crippen molar-refractivity contribution in [3.05, 3.63) is 71.7 Å². The van der Waals surface area contributed by atoms with E-state index in [4.69, 9.17) is 0 Å². The summed E-state index contributed by atoms with van der Waals surface area (Å²) < 4.78 is 41.3. The molecule has 6 nitrogen and oxygen atoms in total. The molecule has 1 amide bonds. The summed E-state index contributed by atoms with van der Waals surface area (Å²) in [6.07, 6.45) is -2.67. The van der Waals surface area contributed by atoms with Gasteiger partial charge >= 0.3 is 6.18 Å². The number of benzene rings is 1. The Kier molecular flexibility index (Phi) is 4.76. The van der Waals surface area contributed by atoms with Gasteiger partial charge in [0.15, 0.2) is 17.3 Å². The van der Waals surface area contributed by atoms with Crippen LogP contribution in [0.2, 0.25) is 0 Å². The Morgan fingerprint density at radius 3 is 2.52 bits per heavy atom. The van der Waals surface area contributed by atoms with Gasteiger partial charge in [-0.25, -0.2) is 9.67 Å². The molecule has 0 saturated carbocycles. The molecule has 0 unspecified atom stereocenters. The Bertz CT molecular complexity index is 997. The number of anilines is 1. The number of ketones is 1. The van der Waals surface area contributed by atoms with Crippen molar-refractivity contribution in [2.75, 3.05) is 5.32 Å². The summed E-state index contributed by atoms with van der Waals surface area (Å²) in [5.74, 6) is -1.29. The van der Waals surface area contributed by atoms with Crippen molar-refractivity contribution >= 4 is 17.4 Å². The van der Waals surface area contributed by atoms with Crippen LogP contribution in [0.5, 0.6) is 0 Å². The maximum absolute atomic E-state index is 13.6. The molecule has 3 aromatic rings. The number of aromatic nitrogens is 3. The number of hydrogen-bond donors (Lipinski definition) is 1. The first-order valence-corrected chi connectivity index (χ1v) is 7.76. The lowest BCUT2D eigenvalue weighted by Gasteiger charge is -2.12. The van der Waals surface area contributed by atoms with Crippen molar-refractivity contribution in [3.63, 3.8) is 0 Å². The lowest BCUT2D eigenvalue weighted by Crippen LogP contribution is -2.21. The van der Waals surface area contributed by atoms with Gasteiger partial charge in [-0.2, -0.15) is 18.3 Å². The zero-order valence-electron chi connectivity index (χ0n) is 14.0. The van der Waals surface area contributed by atoms with Crippen LogP contribution >= 0.6 is 0 Å². The number of pyridine rings is 1. The SMILES string of the molecule is CC(=O)c1cccc(NC(=O)c2cnn(-c3ccccn3)c2C(F)(F)F)c1. The first-order chi connectivity index (χ1) is 12.8.